The van der Waals surface area contributed by atoms with Gasteiger partial charge in [0, 0.05) is 25.7 Å². The number of hydrogen-bond donors (Lipinski definition) is 0. The number of aryl methyl sites for hydroxylation is 1. The zero-order valence-electron chi connectivity index (χ0n) is 17.0. The molecule has 1 saturated carbocycles. The first-order valence-corrected chi connectivity index (χ1v) is 10.5. The maximum absolute atomic E-state index is 6.34. The van der Waals surface area contributed by atoms with Crippen LogP contribution in [0, 0.1) is 0 Å². The van der Waals surface area contributed by atoms with Gasteiger partial charge in [-0.15, -0.1) is 0 Å². The third-order valence-corrected chi connectivity index (χ3v) is 5.82. The molecule has 0 amide bonds. The smallest absolute Gasteiger partial charge is 0.160 e. The Kier molecular flexibility index (Phi) is 8.24. The van der Waals surface area contributed by atoms with Crippen molar-refractivity contribution in [2.75, 3.05) is 47.1 Å². The average molecular weight is 378 g/mol. The third-order valence-electron chi connectivity index (χ3n) is 5.82. The normalized spacial score (nSPS) is 23.9. The van der Waals surface area contributed by atoms with Crippen molar-refractivity contribution in [2.45, 2.75) is 57.1 Å². The largest absolute Gasteiger partial charge is 0.493 e. The van der Waals surface area contributed by atoms with Crippen LogP contribution in [0.15, 0.2) is 18.2 Å². The standard InChI is InChI=1S/C22H35NO4/c1-24-21-11-10-18(17-22(21)25-2)7-5-6-14-27-20-9-4-3-8-19(20)23-12-15-26-16-13-23/h10-11,17,19-20H,3-9,12-16H2,1-2H3/t19-,20-/m1/s1. The first-order chi connectivity index (χ1) is 13.3. The van der Waals surface area contributed by atoms with E-state index in [9.17, 15) is 0 Å². The molecular weight excluding hydrogens is 342 g/mol. The van der Waals surface area contributed by atoms with Crippen molar-refractivity contribution >= 4 is 0 Å². The van der Waals surface area contributed by atoms with E-state index in [1.165, 1.54) is 31.2 Å². The second kappa shape index (κ2) is 10.9. The summed E-state index contributed by atoms with van der Waals surface area (Å²) < 4.78 is 22.5. The number of unbranched alkanes of at least 4 members (excludes halogenated alkanes) is 1. The van der Waals surface area contributed by atoms with Crippen LogP contribution in [-0.4, -0.2) is 64.2 Å². The van der Waals surface area contributed by atoms with E-state index < -0.39 is 0 Å². The minimum absolute atomic E-state index is 0.401. The highest BCUT2D eigenvalue weighted by Gasteiger charge is 2.31. The second-order valence-corrected chi connectivity index (χ2v) is 7.56. The van der Waals surface area contributed by atoms with Crippen LogP contribution < -0.4 is 9.47 Å². The SMILES string of the molecule is COc1ccc(CCCCO[C@@H]2CCCC[C@H]2N2CCOCC2)cc1OC. The minimum atomic E-state index is 0.401. The number of ether oxygens (including phenoxy) is 4. The summed E-state index contributed by atoms with van der Waals surface area (Å²) in [6.07, 6.45) is 8.79. The number of nitrogens with zero attached hydrogens (tertiary/aromatic N) is 1. The van der Waals surface area contributed by atoms with E-state index in [1.807, 2.05) is 6.07 Å². The van der Waals surface area contributed by atoms with E-state index in [0.29, 0.717) is 12.1 Å². The number of morpholine rings is 1. The van der Waals surface area contributed by atoms with Crippen LogP contribution in [0.2, 0.25) is 0 Å². The first-order valence-electron chi connectivity index (χ1n) is 10.5. The summed E-state index contributed by atoms with van der Waals surface area (Å²) in [4.78, 5) is 2.59. The lowest BCUT2D eigenvalue weighted by Crippen LogP contribution is -2.51. The fourth-order valence-corrected chi connectivity index (χ4v) is 4.30. The summed E-state index contributed by atoms with van der Waals surface area (Å²) in [5, 5.41) is 0. The molecule has 1 aliphatic carbocycles. The Balaban J connectivity index is 1.40. The molecule has 1 aromatic rings. The zero-order chi connectivity index (χ0) is 18.9. The van der Waals surface area contributed by atoms with Gasteiger partial charge < -0.3 is 18.9 Å². The summed E-state index contributed by atoms with van der Waals surface area (Å²) in [5.41, 5.74) is 1.29. The van der Waals surface area contributed by atoms with Gasteiger partial charge in [0.25, 0.3) is 0 Å². The molecule has 0 aromatic heterocycles. The zero-order valence-corrected chi connectivity index (χ0v) is 17.0. The lowest BCUT2D eigenvalue weighted by molar-refractivity contribution is -0.0660. The molecule has 3 rings (SSSR count). The highest BCUT2D eigenvalue weighted by Crippen LogP contribution is 2.29. The lowest BCUT2D eigenvalue weighted by Gasteiger charge is -2.41. The topological polar surface area (TPSA) is 40.2 Å². The van der Waals surface area contributed by atoms with Crippen molar-refractivity contribution in [3.05, 3.63) is 23.8 Å². The average Bonchev–Trinajstić information content (AvgIpc) is 2.74. The molecule has 0 bridgehead atoms. The van der Waals surface area contributed by atoms with Crippen molar-refractivity contribution in [1.29, 1.82) is 0 Å². The van der Waals surface area contributed by atoms with Gasteiger partial charge in [0.15, 0.2) is 11.5 Å². The molecule has 1 aliphatic heterocycles. The highest BCUT2D eigenvalue weighted by molar-refractivity contribution is 5.42. The Morgan fingerprint density at radius 1 is 1.00 bits per heavy atom. The summed E-state index contributed by atoms with van der Waals surface area (Å²) >= 11 is 0. The molecule has 0 radical (unpaired) electrons. The lowest BCUT2D eigenvalue weighted by atomic mass is 9.91. The molecule has 1 heterocycles. The number of methoxy groups -OCH3 is 2. The molecule has 1 saturated heterocycles. The van der Waals surface area contributed by atoms with Crippen LogP contribution in [0.4, 0.5) is 0 Å². The Bertz CT molecular complexity index is 559. The van der Waals surface area contributed by atoms with E-state index in [2.05, 4.69) is 17.0 Å². The molecule has 152 valence electrons. The fourth-order valence-electron chi connectivity index (χ4n) is 4.30. The highest BCUT2D eigenvalue weighted by atomic mass is 16.5. The van der Waals surface area contributed by atoms with Crippen molar-refractivity contribution in [2.24, 2.45) is 0 Å². The van der Waals surface area contributed by atoms with E-state index in [-0.39, 0.29) is 0 Å². The van der Waals surface area contributed by atoms with Crippen molar-refractivity contribution in [3.8, 4) is 11.5 Å². The molecule has 2 atom stereocenters. The summed E-state index contributed by atoms with van der Waals surface area (Å²) in [5.74, 6) is 1.60. The Hall–Kier alpha value is -1.30. The molecule has 2 aliphatic rings. The van der Waals surface area contributed by atoms with Crippen LogP contribution >= 0.6 is 0 Å². The third kappa shape index (κ3) is 5.84. The van der Waals surface area contributed by atoms with Gasteiger partial charge in [-0.05, 0) is 49.8 Å². The van der Waals surface area contributed by atoms with Gasteiger partial charge in [0.1, 0.15) is 0 Å². The number of hydrogen-bond acceptors (Lipinski definition) is 5. The molecule has 0 unspecified atom stereocenters. The van der Waals surface area contributed by atoms with Crippen LogP contribution in [0.3, 0.4) is 0 Å². The van der Waals surface area contributed by atoms with Gasteiger partial charge in [0.05, 0.1) is 33.5 Å². The van der Waals surface area contributed by atoms with Crippen LogP contribution in [0.25, 0.3) is 0 Å². The van der Waals surface area contributed by atoms with Gasteiger partial charge >= 0.3 is 0 Å². The second-order valence-electron chi connectivity index (χ2n) is 7.56. The first kappa shape index (κ1) is 20.4. The molecule has 5 nitrogen and oxygen atoms in total. The van der Waals surface area contributed by atoms with E-state index >= 15 is 0 Å². The summed E-state index contributed by atoms with van der Waals surface area (Å²) in [7, 11) is 3.36. The van der Waals surface area contributed by atoms with E-state index in [1.54, 1.807) is 14.2 Å². The van der Waals surface area contributed by atoms with Crippen LogP contribution in [-0.2, 0) is 15.9 Å². The molecule has 27 heavy (non-hydrogen) atoms. The quantitative estimate of drug-likeness (QED) is 0.614. The molecule has 1 aromatic carbocycles. The maximum Gasteiger partial charge on any atom is 0.160 e. The minimum Gasteiger partial charge on any atom is -0.493 e. The molecule has 0 spiro atoms. The predicted molar refractivity (Wildman–Crippen MR) is 107 cm³/mol. The Morgan fingerprint density at radius 2 is 1.78 bits per heavy atom. The molecule has 2 fully saturated rings. The maximum atomic E-state index is 6.34. The number of benzene rings is 1. The Labute approximate surface area is 163 Å². The van der Waals surface area contributed by atoms with Gasteiger partial charge in [-0.2, -0.15) is 0 Å². The fraction of sp³-hybridized carbons (Fsp3) is 0.727. The number of rotatable bonds is 9. The van der Waals surface area contributed by atoms with Gasteiger partial charge in [-0.3, -0.25) is 4.90 Å². The van der Waals surface area contributed by atoms with Crippen LogP contribution in [0.1, 0.15) is 44.1 Å². The predicted octanol–water partition coefficient (Wildman–Crippen LogP) is 3.69. The van der Waals surface area contributed by atoms with Crippen molar-refractivity contribution in [1.82, 2.24) is 4.90 Å². The Morgan fingerprint density at radius 3 is 2.56 bits per heavy atom. The molecule has 0 N–H and O–H groups in total. The van der Waals surface area contributed by atoms with Crippen molar-refractivity contribution < 1.29 is 18.9 Å². The van der Waals surface area contributed by atoms with Gasteiger partial charge in [-0.1, -0.05) is 18.9 Å². The van der Waals surface area contributed by atoms with Gasteiger partial charge in [-0.25, -0.2) is 0 Å². The van der Waals surface area contributed by atoms with Crippen molar-refractivity contribution in [3.63, 3.8) is 0 Å². The molecule has 5 heteroatoms. The van der Waals surface area contributed by atoms with E-state index in [0.717, 1.165) is 63.7 Å². The monoisotopic (exact) mass is 377 g/mol. The van der Waals surface area contributed by atoms with Crippen LogP contribution in [0.5, 0.6) is 11.5 Å². The van der Waals surface area contributed by atoms with Gasteiger partial charge in [0.2, 0.25) is 0 Å². The summed E-state index contributed by atoms with van der Waals surface area (Å²) in [6.45, 7) is 4.72. The van der Waals surface area contributed by atoms with E-state index in [4.69, 9.17) is 18.9 Å². The summed E-state index contributed by atoms with van der Waals surface area (Å²) in [6, 6.07) is 6.78. The molecular formula is C22H35NO4.